The molecule has 0 radical (unpaired) electrons. The highest BCUT2D eigenvalue weighted by atomic mass is 16.5. The number of amides is 1. The zero-order chi connectivity index (χ0) is 31.9. The van der Waals surface area contributed by atoms with Crippen molar-refractivity contribution < 1.29 is 33.4 Å². The van der Waals surface area contributed by atoms with E-state index < -0.39 is 12.1 Å². The van der Waals surface area contributed by atoms with E-state index in [2.05, 4.69) is 34.3 Å². The lowest BCUT2D eigenvalue weighted by molar-refractivity contribution is -0.106. The number of nitrogens with one attached hydrogen (secondary N) is 1. The number of alkyl carbamates (subject to hydrolysis) is 1. The van der Waals surface area contributed by atoms with Gasteiger partial charge in [-0.1, -0.05) is 72.8 Å². The number of hydrogen-bond acceptors (Lipinski definition) is 8. The van der Waals surface area contributed by atoms with Gasteiger partial charge in [-0.05, 0) is 64.6 Å². The van der Waals surface area contributed by atoms with Gasteiger partial charge in [0.25, 0.3) is 0 Å². The largest absolute Gasteiger partial charge is 0.465 e. The molecule has 0 atom stereocenters. The van der Waals surface area contributed by atoms with Crippen LogP contribution in [-0.4, -0.2) is 45.1 Å². The fourth-order valence-corrected chi connectivity index (χ4v) is 4.69. The van der Waals surface area contributed by atoms with E-state index >= 15 is 0 Å². The van der Waals surface area contributed by atoms with Gasteiger partial charge in [-0.15, -0.1) is 0 Å². The molecule has 0 saturated carbocycles. The molecule has 44 heavy (non-hydrogen) atoms. The van der Waals surface area contributed by atoms with Gasteiger partial charge in [0.15, 0.2) is 0 Å². The van der Waals surface area contributed by atoms with E-state index in [9.17, 15) is 14.4 Å². The Morgan fingerprint density at radius 1 is 0.750 bits per heavy atom. The van der Waals surface area contributed by atoms with E-state index in [0.29, 0.717) is 17.7 Å². The van der Waals surface area contributed by atoms with Crippen LogP contribution in [0.5, 0.6) is 0 Å². The first-order valence-corrected chi connectivity index (χ1v) is 13.9. The van der Waals surface area contributed by atoms with E-state index in [1.54, 1.807) is 36.4 Å². The second-order valence-electron chi connectivity index (χ2n) is 9.50. The number of rotatable bonds is 7. The first-order chi connectivity index (χ1) is 21.4. The smallest absolute Gasteiger partial charge is 0.407 e. The molecular weight excluding hydrogens is 560 g/mol. The maximum Gasteiger partial charge on any atom is 0.407 e. The van der Waals surface area contributed by atoms with Crippen LogP contribution in [0.3, 0.4) is 0 Å². The minimum absolute atomic E-state index is 0.0239. The fraction of sp³-hybridized carbons (Fsp3) is 0.200. The second kappa shape index (κ2) is 17.0. The van der Waals surface area contributed by atoms with Crippen LogP contribution in [0.15, 0.2) is 97.1 Å². The van der Waals surface area contributed by atoms with Crippen molar-refractivity contribution in [2.24, 2.45) is 5.73 Å². The van der Waals surface area contributed by atoms with Gasteiger partial charge >= 0.3 is 18.0 Å². The Morgan fingerprint density at radius 3 is 1.73 bits per heavy atom. The lowest BCUT2D eigenvalue weighted by Crippen LogP contribution is -2.25. The molecule has 0 saturated heterocycles. The van der Waals surface area contributed by atoms with Gasteiger partial charge in [0, 0.05) is 19.0 Å². The molecule has 0 spiro atoms. The first-order valence-electron chi connectivity index (χ1n) is 13.9. The summed E-state index contributed by atoms with van der Waals surface area (Å²) in [5.41, 5.74) is 12.8. The van der Waals surface area contributed by atoms with Crippen LogP contribution in [0.4, 0.5) is 4.79 Å². The first kappa shape index (κ1) is 33.2. The number of aldehydes is 1. The number of carbonyl (C=O) groups is 4. The number of fused-ring (bicyclic) bond motifs is 3. The normalized spacial score (nSPS) is 10.8. The summed E-state index contributed by atoms with van der Waals surface area (Å²) in [5, 5.41) is 2.74. The lowest BCUT2D eigenvalue weighted by Gasteiger charge is -2.14. The molecule has 4 aromatic rings. The van der Waals surface area contributed by atoms with Crippen LogP contribution in [0.1, 0.15) is 55.8 Å². The Bertz CT molecular complexity index is 1540. The molecule has 5 rings (SSSR count). The van der Waals surface area contributed by atoms with E-state index in [1.807, 2.05) is 36.4 Å². The van der Waals surface area contributed by atoms with Crippen molar-refractivity contribution in [3.05, 3.63) is 130 Å². The molecule has 9 nitrogen and oxygen atoms in total. The van der Waals surface area contributed by atoms with Crippen molar-refractivity contribution >= 4 is 24.3 Å². The topological polar surface area (TPSA) is 134 Å². The molecule has 228 valence electrons. The molecule has 4 aromatic carbocycles. The van der Waals surface area contributed by atoms with Crippen LogP contribution in [0, 0.1) is 0 Å². The number of ether oxygens (including phenoxy) is 3. The predicted octanol–water partition coefficient (Wildman–Crippen LogP) is 5.65. The lowest BCUT2D eigenvalue weighted by atomic mass is 9.98. The highest BCUT2D eigenvalue weighted by Crippen LogP contribution is 2.44. The Balaban J connectivity index is 0.000000294. The molecule has 3 N–H and O–H groups in total. The standard InChI is InChI=1S/C24H21NO4.C9H11NO2.C2H4O/c1-28-23(26)17-8-6-7-16(13-17)14-25-24(27)29-15-22-20-11-4-2-9-18(20)19-10-3-5-12-21(19)22;1-12-9(11)8-4-2-3-7(5-8)6-10;1-2-3/h2-13,22H,14-15H2,1H3,(H,25,27);2-5H,6,10H2,1H3;2H,1H3. The number of carbonyl (C=O) groups excluding carboxylic acids is 4. The zero-order valence-electron chi connectivity index (χ0n) is 24.9. The average molecular weight is 597 g/mol. The van der Waals surface area contributed by atoms with Crippen molar-refractivity contribution in [3.8, 4) is 11.1 Å². The van der Waals surface area contributed by atoms with E-state index in [1.165, 1.54) is 43.4 Å². The summed E-state index contributed by atoms with van der Waals surface area (Å²) < 4.78 is 14.8. The molecule has 1 aliphatic rings. The van der Waals surface area contributed by atoms with Gasteiger partial charge in [-0.25, -0.2) is 14.4 Å². The highest BCUT2D eigenvalue weighted by Gasteiger charge is 2.28. The molecule has 0 aliphatic heterocycles. The van der Waals surface area contributed by atoms with Crippen molar-refractivity contribution in [1.29, 1.82) is 0 Å². The molecule has 0 aromatic heterocycles. The zero-order valence-corrected chi connectivity index (χ0v) is 24.9. The Labute approximate surface area is 256 Å². The number of nitrogens with two attached hydrogens (primary N) is 1. The molecule has 0 fully saturated rings. The molecular formula is C35H36N2O7. The maximum absolute atomic E-state index is 12.2. The minimum atomic E-state index is -0.490. The fourth-order valence-electron chi connectivity index (χ4n) is 4.69. The van der Waals surface area contributed by atoms with Gasteiger partial charge in [-0.2, -0.15) is 0 Å². The number of hydrogen-bond donors (Lipinski definition) is 2. The number of benzene rings is 4. The second-order valence-corrected chi connectivity index (χ2v) is 9.50. The van der Waals surface area contributed by atoms with Gasteiger partial charge in [0.1, 0.15) is 12.9 Å². The summed E-state index contributed by atoms with van der Waals surface area (Å²) in [7, 11) is 2.70. The van der Waals surface area contributed by atoms with Crippen LogP contribution in [-0.2, 0) is 32.1 Å². The van der Waals surface area contributed by atoms with Crippen molar-refractivity contribution in [3.63, 3.8) is 0 Å². The van der Waals surface area contributed by atoms with Gasteiger partial charge in [0.05, 0.1) is 25.3 Å². The van der Waals surface area contributed by atoms with Crippen molar-refractivity contribution in [1.82, 2.24) is 5.32 Å². The van der Waals surface area contributed by atoms with E-state index in [4.69, 9.17) is 20.0 Å². The minimum Gasteiger partial charge on any atom is -0.465 e. The highest BCUT2D eigenvalue weighted by molar-refractivity contribution is 5.90. The van der Waals surface area contributed by atoms with Crippen molar-refractivity contribution in [2.75, 3.05) is 20.8 Å². The summed E-state index contributed by atoms with van der Waals surface area (Å²) in [6, 6.07) is 30.4. The summed E-state index contributed by atoms with van der Waals surface area (Å²) >= 11 is 0. The molecule has 9 heteroatoms. The molecule has 1 amide bonds. The van der Waals surface area contributed by atoms with E-state index in [0.717, 1.165) is 17.4 Å². The third-order valence-electron chi connectivity index (χ3n) is 6.71. The summed E-state index contributed by atoms with van der Waals surface area (Å²) in [6.45, 7) is 2.41. The predicted molar refractivity (Wildman–Crippen MR) is 167 cm³/mol. The molecule has 0 unspecified atom stereocenters. The summed E-state index contributed by atoms with van der Waals surface area (Å²) in [4.78, 5) is 43.7. The quantitative estimate of drug-likeness (QED) is 0.159. The Hall–Kier alpha value is -5.28. The van der Waals surface area contributed by atoms with Crippen LogP contribution in [0.2, 0.25) is 0 Å². The van der Waals surface area contributed by atoms with Crippen LogP contribution in [0.25, 0.3) is 11.1 Å². The maximum atomic E-state index is 12.2. The summed E-state index contributed by atoms with van der Waals surface area (Å²) in [5.74, 6) is -0.714. The van der Waals surface area contributed by atoms with Crippen LogP contribution < -0.4 is 11.1 Å². The van der Waals surface area contributed by atoms with Gasteiger partial charge in [-0.3, -0.25) is 0 Å². The van der Waals surface area contributed by atoms with Gasteiger partial charge < -0.3 is 30.1 Å². The summed E-state index contributed by atoms with van der Waals surface area (Å²) in [6.07, 6.45) is 0.260. The number of esters is 2. The third-order valence-corrected chi connectivity index (χ3v) is 6.71. The Morgan fingerprint density at radius 2 is 1.23 bits per heavy atom. The average Bonchev–Trinajstić information content (AvgIpc) is 3.40. The molecule has 0 heterocycles. The van der Waals surface area contributed by atoms with Gasteiger partial charge in [0.2, 0.25) is 0 Å². The number of methoxy groups -OCH3 is 2. The SMILES string of the molecule is CC=O.COC(=O)c1cccc(CN)c1.COC(=O)c1cccc(CNC(=O)OCC2c3ccccc3-c3ccccc32)c1. The van der Waals surface area contributed by atoms with Crippen LogP contribution >= 0.6 is 0 Å². The monoisotopic (exact) mass is 596 g/mol. The van der Waals surface area contributed by atoms with Crippen molar-refractivity contribution in [2.45, 2.75) is 25.9 Å². The molecule has 0 bridgehead atoms. The molecule has 1 aliphatic carbocycles. The third kappa shape index (κ3) is 8.86. The van der Waals surface area contributed by atoms with E-state index in [-0.39, 0.29) is 25.0 Å². The Kier molecular flexibility index (Phi) is 12.8.